The highest BCUT2D eigenvalue weighted by atomic mass is 127. The number of aromatic nitrogens is 1. The summed E-state index contributed by atoms with van der Waals surface area (Å²) in [6.07, 6.45) is 2.43. The molecule has 2 heterocycles. The van der Waals surface area contributed by atoms with Gasteiger partial charge in [0, 0.05) is 24.3 Å². The van der Waals surface area contributed by atoms with Gasteiger partial charge in [-0.2, -0.15) is 0 Å². The zero-order chi connectivity index (χ0) is 19.6. The number of carbonyl (C=O) groups is 3. The summed E-state index contributed by atoms with van der Waals surface area (Å²) in [4.78, 5) is 41.6. The van der Waals surface area contributed by atoms with Crippen LogP contribution in [0.4, 0.5) is 0 Å². The van der Waals surface area contributed by atoms with E-state index < -0.39 is 18.1 Å². The molecule has 4 atom stereocenters. The van der Waals surface area contributed by atoms with Crippen LogP contribution >= 0.6 is 50.3 Å². The monoisotopic (exact) mass is 570 g/mol. The Morgan fingerprint density at radius 3 is 2.89 bits per heavy atom. The highest BCUT2D eigenvalue weighted by Gasteiger charge is 2.41. The number of halogens is 2. The molecular weight excluding hydrogens is 551 g/mol. The number of hydrogen-bond acceptors (Lipinski definition) is 7. The van der Waals surface area contributed by atoms with E-state index in [0.717, 1.165) is 11.4 Å². The molecule has 1 aliphatic heterocycles. The van der Waals surface area contributed by atoms with Crippen LogP contribution in [0.5, 0.6) is 0 Å². The van der Waals surface area contributed by atoms with Crippen LogP contribution in [-0.2, 0) is 23.9 Å². The Kier molecular flexibility index (Phi) is 7.08. The van der Waals surface area contributed by atoms with Crippen molar-refractivity contribution < 1.29 is 17.4 Å². The number of hydrogen-bond donors (Lipinski definition) is 2. The fourth-order valence-electron chi connectivity index (χ4n) is 3.08. The van der Waals surface area contributed by atoms with E-state index in [1.54, 1.807) is 23.0 Å². The summed E-state index contributed by atoms with van der Waals surface area (Å²) < 4.78 is 5.45. The zero-order valence-electron chi connectivity index (χ0n) is 14.6. The van der Waals surface area contributed by atoms with Crippen LogP contribution in [0.25, 0.3) is 0 Å². The molecule has 1 aromatic rings. The van der Waals surface area contributed by atoms with E-state index in [1.165, 1.54) is 16.3 Å². The molecule has 27 heavy (non-hydrogen) atoms. The molecule has 1 aliphatic carbocycles. The second-order valence-electron chi connectivity index (χ2n) is 6.86. The number of nitrogens with zero attached hydrogens (tertiary/aromatic N) is 2. The Balaban J connectivity index is 1.70. The molecule has 148 valence electrons. The second-order valence-corrected chi connectivity index (χ2v) is 9.05. The van der Waals surface area contributed by atoms with Crippen LogP contribution < -0.4 is 10.7 Å². The van der Waals surface area contributed by atoms with Crippen LogP contribution in [0.2, 0.25) is 0 Å². The number of amides is 2. The summed E-state index contributed by atoms with van der Waals surface area (Å²) >= 11 is 6.28. The average molecular weight is 571 g/mol. The van der Waals surface area contributed by atoms with Crippen molar-refractivity contribution in [1.29, 1.82) is 0 Å². The molecule has 0 unspecified atom stereocenters. The van der Waals surface area contributed by atoms with Gasteiger partial charge < -0.3 is 8.38 Å². The van der Waals surface area contributed by atoms with Gasteiger partial charge in [-0.15, -0.1) is 11.3 Å². The smallest absolute Gasteiger partial charge is 0.334 e. The largest absolute Gasteiger partial charge is 0.393 e. The van der Waals surface area contributed by atoms with Gasteiger partial charge in [-0.05, 0) is 41.1 Å². The third kappa shape index (κ3) is 5.39. The van der Waals surface area contributed by atoms with E-state index in [9.17, 15) is 14.4 Å². The Hall–Kier alpha value is -0.790. The van der Waals surface area contributed by atoms with Crippen LogP contribution in [0.15, 0.2) is 9.98 Å². The van der Waals surface area contributed by atoms with Gasteiger partial charge in [-0.25, -0.2) is 15.2 Å². The van der Waals surface area contributed by atoms with Crippen molar-refractivity contribution in [1.82, 2.24) is 20.7 Å². The van der Waals surface area contributed by atoms with Crippen molar-refractivity contribution in [3.8, 4) is 0 Å². The molecule has 2 aliphatic rings. The predicted octanol–water partition coefficient (Wildman–Crippen LogP) is 1.98. The Bertz CT molecular complexity index is 733. The highest BCUT2D eigenvalue weighted by Crippen LogP contribution is 2.37. The third-order valence-corrected chi connectivity index (χ3v) is 6.79. The van der Waals surface area contributed by atoms with Crippen LogP contribution in [-0.4, -0.2) is 46.4 Å². The molecule has 3 rings (SSSR count). The molecule has 11 heteroatoms. The van der Waals surface area contributed by atoms with Gasteiger partial charge in [0.25, 0.3) is 5.91 Å². The van der Waals surface area contributed by atoms with Gasteiger partial charge in [0.2, 0.25) is 5.91 Å². The van der Waals surface area contributed by atoms with Crippen molar-refractivity contribution in [3.05, 3.63) is 15.0 Å². The number of rotatable bonds is 6. The molecule has 0 aromatic carbocycles. The third-order valence-electron chi connectivity index (χ3n) is 4.78. The number of thiazole rings is 1. The van der Waals surface area contributed by atoms with Gasteiger partial charge in [-0.1, -0.05) is 6.92 Å². The predicted molar refractivity (Wildman–Crippen MR) is 111 cm³/mol. The average Bonchev–Trinajstić information content (AvgIpc) is 3.27. The van der Waals surface area contributed by atoms with E-state index in [4.69, 9.17) is 3.07 Å². The second kappa shape index (κ2) is 9.14. The molecule has 1 saturated heterocycles. The van der Waals surface area contributed by atoms with Crippen LogP contribution in [0.3, 0.4) is 0 Å². The molecule has 2 N–H and O–H groups in total. The maximum atomic E-state index is 13.1. The first kappa shape index (κ1) is 20.9. The SMILES string of the molecule is C[C@H]1C[C@@H]1C(=O)N[C@@H](Cc1nc(Br)cs1)C(=O)N1CCC[C@@H](C(=O)OI)N1. The summed E-state index contributed by atoms with van der Waals surface area (Å²) in [6.45, 7) is 2.49. The fourth-order valence-corrected chi connectivity index (χ4v) is 4.70. The van der Waals surface area contributed by atoms with Crippen molar-refractivity contribution in [3.63, 3.8) is 0 Å². The van der Waals surface area contributed by atoms with Gasteiger partial charge >= 0.3 is 5.97 Å². The topological polar surface area (TPSA) is 101 Å². The van der Waals surface area contributed by atoms with E-state index in [2.05, 4.69) is 31.7 Å². The fraction of sp³-hybridized carbons (Fsp3) is 0.625. The Labute approximate surface area is 183 Å². The van der Waals surface area contributed by atoms with Crippen molar-refractivity contribution in [2.75, 3.05) is 6.54 Å². The molecule has 8 nitrogen and oxygen atoms in total. The minimum absolute atomic E-state index is 0.0283. The number of nitrogens with one attached hydrogen (secondary N) is 2. The van der Waals surface area contributed by atoms with E-state index in [0.29, 0.717) is 36.3 Å². The van der Waals surface area contributed by atoms with Crippen LogP contribution in [0, 0.1) is 11.8 Å². The van der Waals surface area contributed by atoms with E-state index in [-0.39, 0.29) is 17.7 Å². The summed E-state index contributed by atoms with van der Waals surface area (Å²) in [5.41, 5.74) is 2.93. The van der Waals surface area contributed by atoms with Crippen molar-refractivity contribution in [2.45, 2.75) is 44.7 Å². The zero-order valence-corrected chi connectivity index (χ0v) is 19.2. The van der Waals surface area contributed by atoms with Crippen molar-refractivity contribution in [2.24, 2.45) is 11.8 Å². The molecule has 1 aromatic heterocycles. The van der Waals surface area contributed by atoms with Crippen LogP contribution in [0.1, 0.15) is 31.2 Å². The first-order valence-electron chi connectivity index (χ1n) is 8.69. The lowest BCUT2D eigenvalue weighted by molar-refractivity contribution is -0.146. The molecule has 0 spiro atoms. The Morgan fingerprint density at radius 2 is 2.30 bits per heavy atom. The standard InChI is InChI=1S/C16H20BrIN4O4S/c1-8-5-9(8)14(23)19-11(6-13-20-12(17)7-27-13)15(24)22-4-2-3-10(21-22)16(25)26-18/h7-11,21H,2-6H2,1H3,(H,19,23)/t8-,9-,10-,11-/m0/s1. The minimum Gasteiger partial charge on any atom is -0.393 e. The summed E-state index contributed by atoms with van der Waals surface area (Å²) in [5.74, 6) is -0.458. The van der Waals surface area contributed by atoms with Gasteiger partial charge in [0.15, 0.2) is 23.0 Å². The number of hydrazine groups is 1. The van der Waals surface area contributed by atoms with Gasteiger partial charge in [0.05, 0.1) is 5.01 Å². The lowest BCUT2D eigenvalue weighted by Gasteiger charge is -2.34. The normalized spacial score (nSPS) is 25.6. The lowest BCUT2D eigenvalue weighted by Crippen LogP contribution is -2.60. The van der Waals surface area contributed by atoms with Crippen molar-refractivity contribution >= 4 is 68.1 Å². The first-order valence-corrected chi connectivity index (χ1v) is 11.2. The first-order chi connectivity index (χ1) is 12.9. The quantitative estimate of drug-likeness (QED) is 0.507. The molecule has 2 fully saturated rings. The number of carbonyl (C=O) groups excluding carboxylic acids is 3. The maximum absolute atomic E-state index is 13.1. The minimum atomic E-state index is -0.731. The highest BCUT2D eigenvalue weighted by molar-refractivity contribution is 14.1. The molecular formula is C16H20BrIN4O4S. The van der Waals surface area contributed by atoms with E-state index >= 15 is 0 Å². The molecule has 1 saturated carbocycles. The molecule has 2 amide bonds. The summed E-state index contributed by atoms with van der Waals surface area (Å²) in [6, 6.07) is -1.29. The Morgan fingerprint density at radius 1 is 1.56 bits per heavy atom. The maximum Gasteiger partial charge on any atom is 0.334 e. The summed E-state index contributed by atoms with van der Waals surface area (Å²) in [7, 11) is 0. The van der Waals surface area contributed by atoms with Gasteiger partial charge in [-0.3, -0.25) is 14.6 Å². The molecule has 0 radical (unpaired) electrons. The van der Waals surface area contributed by atoms with E-state index in [1.807, 2.05) is 12.3 Å². The lowest BCUT2D eigenvalue weighted by atomic mass is 10.1. The van der Waals surface area contributed by atoms with Gasteiger partial charge in [0.1, 0.15) is 16.7 Å². The summed E-state index contributed by atoms with van der Waals surface area (Å²) in [5, 5.41) is 6.90. The molecule has 0 bridgehead atoms.